The normalized spacial score (nSPS) is 16.8. The van der Waals surface area contributed by atoms with E-state index in [1.165, 1.54) is 16.9 Å². The highest BCUT2D eigenvalue weighted by atomic mass is 16.5. The average Bonchev–Trinajstić information content (AvgIpc) is 2.81. The molecule has 0 bridgehead atoms. The third-order valence-electron chi connectivity index (χ3n) is 5.45. The van der Waals surface area contributed by atoms with Gasteiger partial charge in [0.1, 0.15) is 5.75 Å². The lowest BCUT2D eigenvalue weighted by Gasteiger charge is -2.31. The van der Waals surface area contributed by atoms with Gasteiger partial charge in [-0.3, -0.25) is 0 Å². The van der Waals surface area contributed by atoms with Crippen molar-refractivity contribution in [1.82, 2.24) is 10.6 Å². The van der Waals surface area contributed by atoms with Crippen LogP contribution in [-0.2, 0) is 6.42 Å². The summed E-state index contributed by atoms with van der Waals surface area (Å²) in [5, 5.41) is 6.73. The zero-order valence-corrected chi connectivity index (χ0v) is 18.0. The van der Waals surface area contributed by atoms with Gasteiger partial charge in [-0.05, 0) is 37.1 Å². The fourth-order valence-corrected chi connectivity index (χ4v) is 3.93. The molecule has 5 nitrogen and oxygen atoms in total. The number of ether oxygens (including phenoxy) is 1. The number of hydrogen-bond acceptors (Lipinski definition) is 5. The van der Waals surface area contributed by atoms with E-state index in [1.807, 2.05) is 19.1 Å². The summed E-state index contributed by atoms with van der Waals surface area (Å²) in [6.07, 6.45) is 1.13. The minimum Gasteiger partial charge on any atom is -0.492 e. The van der Waals surface area contributed by atoms with Crippen LogP contribution in [0.3, 0.4) is 0 Å². The van der Waals surface area contributed by atoms with Crippen LogP contribution in [-0.4, -0.2) is 59.0 Å². The summed E-state index contributed by atoms with van der Waals surface area (Å²) in [7, 11) is 0. The Labute approximate surface area is 176 Å². The van der Waals surface area contributed by atoms with E-state index in [0.717, 1.165) is 71.1 Å². The predicted octanol–water partition coefficient (Wildman–Crippen LogP) is 3.15. The largest absolute Gasteiger partial charge is 0.492 e. The van der Waals surface area contributed by atoms with Gasteiger partial charge in [-0.2, -0.15) is 0 Å². The summed E-state index contributed by atoms with van der Waals surface area (Å²) in [5.41, 5.74) is 4.12. The van der Waals surface area contributed by atoms with Gasteiger partial charge in [0.15, 0.2) is 0 Å². The summed E-state index contributed by atoms with van der Waals surface area (Å²) in [4.78, 5) is 4.86. The van der Waals surface area contributed by atoms with E-state index in [1.54, 1.807) is 0 Å². The maximum Gasteiger partial charge on any atom is 0.142 e. The highest BCUT2D eigenvalue weighted by Crippen LogP contribution is 2.28. The number of piperazine rings is 2. The molecule has 29 heavy (non-hydrogen) atoms. The Bertz CT molecular complexity index is 724. The minimum atomic E-state index is 0.725. The molecule has 0 unspecified atom stereocenters. The molecule has 2 saturated heterocycles. The number of nitrogens with zero attached hydrogens (tertiary/aromatic N) is 2. The molecule has 0 atom stereocenters. The van der Waals surface area contributed by atoms with Gasteiger partial charge in [0.2, 0.25) is 0 Å². The molecule has 0 spiro atoms. The van der Waals surface area contributed by atoms with E-state index in [4.69, 9.17) is 4.74 Å². The number of para-hydroxylation sites is 3. The first-order chi connectivity index (χ1) is 14.3. The Morgan fingerprint density at radius 2 is 1.24 bits per heavy atom. The summed E-state index contributed by atoms with van der Waals surface area (Å²) in [6, 6.07) is 17.0. The van der Waals surface area contributed by atoms with Crippen LogP contribution in [0.5, 0.6) is 5.75 Å². The maximum atomic E-state index is 5.63. The van der Waals surface area contributed by atoms with E-state index < -0.39 is 0 Å². The van der Waals surface area contributed by atoms with Crippen molar-refractivity contribution in [3.05, 3.63) is 54.1 Å². The van der Waals surface area contributed by atoms with Crippen LogP contribution in [0, 0.1) is 0 Å². The van der Waals surface area contributed by atoms with Crippen molar-refractivity contribution in [3.8, 4) is 5.75 Å². The number of anilines is 2. The molecule has 0 radical (unpaired) electrons. The van der Waals surface area contributed by atoms with Crippen molar-refractivity contribution < 1.29 is 4.74 Å². The van der Waals surface area contributed by atoms with Crippen molar-refractivity contribution >= 4 is 11.4 Å². The lowest BCUT2D eigenvalue weighted by atomic mass is 10.1. The Balaban J connectivity index is 0.000000166. The molecule has 2 aromatic carbocycles. The minimum absolute atomic E-state index is 0.725. The zero-order chi connectivity index (χ0) is 20.3. The van der Waals surface area contributed by atoms with Crippen molar-refractivity contribution in [2.45, 2.75) is 20.3 Å². The lowest BCUT2D eigenvalue weighted by molar-refractivity contribution is 0.340. The Kier molecular flexibility index (Phi) is 8.65. The zero-order valence-electron chi connectivity index (χ0n) is 18.0. The summed E-state index contributed by atoms with van der Waals surface area (Å²) >= 11 is 0. The van der Waals surface area contributed by atoms with Crippen LogP contribution in [0.15, 0.2) is 48.5 Å². The van der Waals surface area contributed by atoms with Crippen LogP contribution in [0.1, 0.15) is 19.4 Å². The highest BCUT2D eigenvalue weighted by molar-refractivity contribution is 5.58. The molecule has 158 valence electrons. The quantitative estimate of drug-likeness (QED) is 0.812. The molecule has 5 heteroatoms. The third kappa shape index (κ3) is 6.12. The monoisotopic (exact) mass is 396 g/mol. The summed E-state index contributed by atoms with van der Waals surface area (Å²) in [6.45, 7) is 13.7. The first kappa shape index (κ1) is 21.5. The second-order valence-corrected chi connectivity index (χ2v) is 7.36. The molecule has 2 aliphatic heterocycles. The van der Waals surface area contributed by atoms with Crippen LogP contribution in [0.4, 0.5) is 11.4 Å². The van der Waals surface area contributed by atoms with Gasteiger partial charge in [0, 0.05) is 58.0 Å². The molecular formula is C24H36N4O. The van der Waals surface area contributed by atoms with Crippen molar-refractivity contribution in [2.75, 3.05) is 68.8 Å². The standard InChI is InChI=1S/C12H18N2O.C12H18N2/c1-2-15-12-6-4-3-5-11(12)14-9-7-13-8-10-14;1-2-11-5-3-4-6-12(11)14-9-7-13-8-10-14/h3-6,13H,2,7-10H2,1H3;3-6,13H,2,7-10H2,1H3. The van der Waals surface area contributed by atoms with Gasteiger partial charge >= 0.3 is 0 Å². The molecule has 2 aliphatic rings. The number of aryl methyl sites for hydroxylation is 1. The molecule has 0 aromatic heterocycles. The second-order valence-electron chi connectivity index (χ2n) is 7.36. The van der Waals surface area contributed by atoms with E-state index in [0.29, 0.717) is 0 Å². The van der Waals surface area contributed by atoms with E-state index in [2.05, 4.69) is 63.8 Å². The molecule has 2 fully saturated rings. The first-order valence-corrected chi connectivity index (χ1v) is 11.0. The highest BCUT2D eigenvalue weighted by Gasteiger charge is 2.14. The Morgan fingerprint density at radius 1 is 0.724 bits per heavy atom. The number of hydrogen-bond donors (Lipinski definition) is 2. The molecule has 2 N–H and O–H groups in total. The Morgan fingerprint density at radius 3 is 1.83 bits per heavy atom. The Hall–Kier alpha value is -2.24. The van der Waals surface area contributed by atoms with Crippen LogP contribution < -0.4 is 25.2 Å². The van der Waals surface area contributed by atoms with Crippen molar-refractivity contribution in [1.29, 1.82) is 0 Å². The second kappa shape index (κ2) is 11.7. The lowest BCUT2D eigenvalue weighted by Crippen LogP contribution is -2.43. The number of nitrogens with one attached hydrogen (secondary N) is 2. The predicted molar refractivity (Wildman–Crippen MR) is 124 cm³/mol. The van der Waals surface area contributed by atoms with Gasteiger partial charge in [0.25, 0.3) is 0 Å². The van der Waals surface area contributed by atoms with Gasteiger partial charge < -0.3 is 25.2 Å². The fourth-order valence-electron chi connectivity index (χ4n) is 3.93. The fraction of sp³-hybridized carbons (Fsp3) is 0.500. The van der Waals surface area contributed by atoms with Gasteiger partial charge in [-0.1, -0.05) is 37.3 Å². The SMILES string of the molecule is CCOc1ccccc1N1CCNCC1.CCc1ccccc1N1CCNCC1. The maximum absolute atomic E-state index is 5.63. The number of rotatable bonds is 5. The van der Waals surface area contributed by atoms with Crippen LogP contribution in [0.25, 0.3) is 0 Å². The average molecular weight is 397 g/mol. The van der Waals surface area contributed by atoms with Crippen molar-refractivity contribution in [2.24, 2.45) is 0 Å². The van der Waals surface area contributed by atoms with Crippen LogP contribution >= 0.6 is 0 Å². The molecule has 0 saturated carbocycles. The van der Waals surface area contributed by atoms with E-state index in [9.17, 15) is 0 Å². The van der Waals surface area contributed by atoms with E-state index in [-0.39, 0.29) is 0 Å². The van der Waals surface area contributed by atoms with E-state index >= 15 is 0 Å². The molecule has 2 aromatic rings. The molecule has 2 heterocycles. The van der Waals surface area contributed by atoms with Gasteiger partial charge in [0.05, 0.1) is 12.3 Å². The molecular weight excluding hydrogens is 360 g/mol. The van der Waals surface area contributed by atoms with Gasteiger partial charge in [-0.15, -0.1) is 0 Å². The molecule has 0 amide bonds. The number of benzene rings is 2. The summed E-state index contributed by atoms with van der Waals surface area (Å²) in [5.74, 6) is 1.00. The molecule has 0 aliphatic carbocycles. The summed E-state index contributed by atoms with van der Waals surface area (Å²) < 4.78 is 5.63. The smallest absolute Gasteiger partial charge is 0.142 e. The first-order valence-electron chi connectivity index (χ1n) is 11.0. The van der Waals surface area contributed by atoms with Crippen LogP contribution in [0.2, 0.25) is 0 Å². The topological polar surface area (TPSA) is 39.8 Å². The third-order valence-corrected chi connectivity index (χ3v) is 5.45. The molecule has 4 rings (SSSR count). The van der Waals surface area contributed by atoms with Gasteiger partial charge in [-0.25, -0.2) is 0 Å². The van der Waals surface area contributed by atoms with Crippen molar-refractivity contribution in [3.63, 3.8) is 0 Å².